The lowest BCUT2D eigenvalue weighted by atomic mass is 9.93. The van der Waals surface area contributed by atoms with E-state index in [1.807, 2.05) is 0 Å². The fourth-order valence-electron chi connectivity index (χ4n) is 1.90. The molecule has 1 N–H and O–H groups in total. The van der Waals surface area contributed by atoms with Crippen molar-refractivity contribution < 1.29 is 13.5 Å². The van der Waals surface area contributed by atoms with E-state index in [-0.39, 0.29) is 17.9 Å². The molecule has 1 aromatic carbocycles. The van der Waals surface area contributed by atoms with Gasteiger partial charge in [0.15, 0.2) is 9.84 Å². The number of halogens is 2. The molecule has 1 atom stereocenters. The van der Waals surface area contributed by atoms with Crippen LogP contribution in [0.15, 0.2) is 18.2 Å². The standard InChI is InChI=1S/C10H10Cl2O3S/c11-7-1-2-9(12)8(5-7)10(13)3-4-16(14,15)6-10/h1-2,5,13H,3-4,6H2. The van der Waals surface area contributed by atoms with E-state index in [0.717, 1.165) is 0 Å². The minimum Gasteiger partial charge on any atom is -0.384 e. The summed E-state index contributed by atoms with van der Waals surface area (Å²) in [4.78, 5) is 0. The second kappa shape index (κ2) is 3.88. The highest BCUT2D eigenvalue weighted by Gasteiger charge is 2.43. The van der Waals surface area contributed by atoms with Gasteiger partial charge in [-0.15, -0.1) is 0 Å². The average Bonchev–Trinajstić information content (AvgIpc) is 2.46. The third-order valence-corrected chi connectivity index (χ3v) is 5.02. The van der Waals surface area contributed by atoms with Crippen LogP contribution in [0.3, 0.4) is 0 Å². The summed E-state index contributed by atoms with van der Waals surface area (Å²) in [6, 6.07) is 4.67. The maximum absolute atomic E-state index is 11.4. The van der Waals surface area contributed by atoms with Gasteiger partial charge in [-0.05, 0) is 24.6 Å². The molecule has 3 nitrogen and oxygen atoms in total. The third-order valence-electron chi connectivity index (χ3n) is 2.72. The molecular formula is C10H10Cl2O3S. The van der Waals surface area contributed by atoms with Crippen molar-refractivity contribution in [3.05, 3.63) is 33.8 Å². The van der Waals surface area contributed by atoms with Gasteiger partial charge in [-0.3, -0.25) is 0 Å². The molecule has 1 aliphatic rings. The molecular weight excluding hydrogens is 271 g/mol. The largest absolute Gasteiger partial charge is 0.384 e. The smallest absolute Gasteiger partial charge is 0.153 e. The van der Waals surface area contributed by atoms with Crippen molar-refractivity contribution in [2.45, 2.75) is 12.0 Å². The van der Waals surface area contributed by atoms with Crippen molar-refractivity contribution in [1.29, 1.82) is 0 Å². The number of hydrogen-bond acceptors (Lipinski definition) is 3. The van der Waals surface area contributed by atoms with Gasteiger partial charge < -0.3 is 5.11 Å². The van der Waals surface area contributed by atoms with E-state index >= 15 is 0 Å². The third kappa shape index (κ3) is 2.20. The second-order valence-electron chi connectivity index (χ2n) is 4.00. The Morgan fingerprint density at radius 1 is 1.31 bits per heavy atom. The topological polar surface area (TPSA) is 54.4 Å². The van der Waals surface area contributed by atoms with Gasteiger partial charge in [-0.1, -0.05) is 23.2 Å². The Labute approximate surface area is 104 Å². The first-order valence-corrected chi connectivity index (χ1v) is 7.28. The first-order chi connectivity index (χ1) is 7.32. The molecule has 0 aromatic heterocycles. The van der Waals surface area contributed by atoms with Crippen molar-refractivity contribution in [1.82, 2.24) is 0 Å². The summed E-state index contributed by atoms with van der Waals surface area (Å²) in [5, 5.41) is 11.0. The zero-order chi connectivity index (χ0) is 12.0. The van der Waals surface area contributed by atoms with Crippen LogP contribution in [0.1, 0.15) is 12.0 Å². The van der Waals surface area contributed by atoms with E-state index in [1.54, 1.807) is 12.1 Å². The van der Waals surface area contributed by atoms with Crippen LogP contribution in [-0.4, -0.2) is 25.0 Å². The summed E-state index contributed by atoms with van der Waals surface area (Å²) in [5.74, 6) is -0.313. The Hall–Kier alpha value is -0.290. The van der Waals surface area contributed by atoms with E-state index in [2.05, 4.69) is 0 Å². The van der Waals surface area contributed by atoms with Crippen LogP contribution >= 0.6 is 23.2 Å². The first kappa shape index (κ1) is 12.2. The number of rotatable bonds is 1. The van der Waals surface area contributed by atoms with Gasteiger partial charge in [0.1, 0.15) is 5.60 Å². The number of sulfone groups is 1. The normalized spacial score (nSPS) is 28.2. The van der Waals surface area contributed by atoms with Gasteiger partial charge in [0, 0.05) is 15.6 Å². The zero-order valence-electron chi connectivity index (χ0n) is 8.28. The lowest BCUT2D eigenvalue weighted by molar-refractivity contribution is 0.0654. The summed E-state index contributed by atoms with van der Waals surface area (Å²) < 4.78 is 22.8. The summed E-state index contributed by atoms with van der Waals surface area (Å²) in [6.45, 7) is 0. The minimum atomic E-state index is -3.18. The molecule has 16 heavy (non-hydrogen) atoms. The fraction of sp³-hybridized carbons (Fsp3) is 0.400. The van der Waals surface area contributed by atoms with E-state index in [0.29, 0.717) is 15.6 Å². The van der Waals surface area contributed by atoms with Crippen LogP contribution < -0.4 is 0 Å². The molecule has 1 unspecified atom stereocenters. The molecule has 1 fully saturated rings. The van der Waals surface area contributed by atoms with Crippen LogP contribution in [0, 0.1) is 0 Å². The lowest BCUT2D eigenvalue weighted by Gasteiger charge is -2.22. The Balaban J connectivity index is 2.49. The van der Waals surface area contributed by atoms with Crippen molar-refractivity contribution >= 4 is 33.0 Å². The Kier molecular flexibility index (Phi) is 2.95. The van der Waals surface area contributed by atoms with Crippen LogP contribution in [0.4, 0.5) is 0 Å². The van der Waals surface area contributed by atoms with Gasteiger partial charge in [-0.2, -0.15) is 0 Å². The number of benzene rings is 1. The summed E-state index contributed by atoms with van der Waals surface area (Å²) in [6.07, 6.45) is 0.162. The number of hydrogen-bond donors (Lipinski definition) is 1. The highest BCUT2D eigenvalue weighted by atomic mass is 35.5. The molecule has 0 aliphatic carbocycles. The van der Waals surface area contributed by atoms with Crippen LogP contribution in [0.25, 0.3) is 0 Å². The predicted molar refractivity (Wildman–Crippen MR) is 63.6 cm³/mol. The molecule has 88 valence electrons. The van der Waals surface area contributed by atoms with Crippen molar-refractivity contribution in [2.75, 3.05) is 11.5 Å². The minimum absolute atomic E-state index is 0.0215. The van der Waals surface area contributed by atoms with E-state index in [9.17, 15) is 13.5 Å². The quantitative estimate of drug-likeness (QED) is 0.856. The summed E-state index contributed by atoms with van der Waals surface area (Å²) in [5.41, 5.74) is -1.01. The van der Waals surface area contributed by atoms with Gasteiger partial charge >= 0.3 is 0 Å². The maximum Gasteiger partial charge on any atom is 0.153 e. The van der Waals surface area contributed by atoms with Crippen LogP contribution in [-0.2, 0) is 15.4 Å². The predicted octanol–water partition coefficient (Wildman–Crippen LogP) is 2.00. The fourth-order valence-corrected chi connectivity index (χ4v) is 4.19. The SMILES string of the molecule is O=S1(=O)CCC(O)(c2cc(Cl)ccc2Cl)C1. The first-order valence-electron chi connectivity index (χ1n) is 4.71. The average molecular weight is 281 g/mol. The summed E-state index contributed by atoms with van der Waals surface area (Å²) in [7, 11) is -3.18. The molecule has 1 aliphatic heterocycles. The molecule has 0 spiro atoms. The number of aliphatic hydroxyl groups is 1. The molecule has 0 amide bonds. The highest BCUT2D eigenvalue weighted by molar-refractivity contribution is 7.91. The van der Waals surface area contributed by atoms with Gasteiger partial charge in [-0.25, -0.2) is 8.42 Å². The van der Waals surface area contributed by atoms with Crippen molar-refractivity contribution in [3.8, 4) is 0 Å². The molecule has 1 saturated heterocycles. The Morgan fingerprint density at radius 2 is 2.00 bits per heavy atom. The molecule has 0 bridgehead atoms. The van der Waals surface area contributed by atoms with E-state index in [1.165, 1.54) is 6.07 Å². The van der Waals surface area contributed by atoms with Crippen LogP contribution in [0.5, 0.6) is 0 Å². The molecule has 0 radical (unpaired) electrons. The Bertz CT molecular complexity index is 527. The molecule has 1 heterocycles. The molecule has 6 heteroatoms. The zero-order valence-corrected chi connectivity index (χ0v) is 10.6. The Morgan fingerprint density at radius 3 is 2.56 bits per heavy atom. The monoisotopic (exact) mass is 280 g/mol. The maximum atomic E-state index is 11.4. The summed E-state index contributed by atoms with van der Waals surface area (Å²) >= 11 is 11.8. The molecule has 0 saturated carbocycles. The second-order valence-corrected chi connectivity index (χ2v) is 7.03. The van der Waals surface area contributed by atoms with E-state index in [4.69, 9.17) is 23.2 Å². The van der Waals surface area contributed by atoms with Crippen LogP contribution in [0.2, 0.25) is 10.0 Å². The van der Waals surface area contributed by atoms with Gasteiger partial charge in [0.05, 0.1) is 11.5 Å². The van der Waals surface area contributed by atoms with Crippen molar-refractivity contribution in [3.63, 3.8) is 0 Å². The molecule has 2 rings (SSSR count). The molecule has 1 aromatic rings. The van der Waals surface area contributed by atoms with Gasteiger partial charge in [0.2, 0.25) is 0 Å². The van der Waals surface area contributed by atoms with E-state index < -0.39 is 15.4 Å². The highest BCUT2D eigenvalue weighted by Crippen LogP contribution is 2.38. The van der Waals surface area contributed by atoms with Gasteiger partial charge in [0.25, 0.3) is 0 Å². The lowest BCUT2D eigenvalue weighted by Crippen LogP contribution is -2.27. The van der Waals surface area contributed by atoms with Crippen molar-refractivity contribution in [2.24, 2.45) is 0 Å².